The average Bonchev–Trinajstić information content (AvgIpc) is 2.64. The molecule has 0 aliphatic heterocycles. The van der Waals surface area contributed by atoms with Gasteiger partial charge in [0.05, 0.1) is 0 Å². The minimum atomic E-state index is -0.458. The number of hydrogen-bond acceptors (Lipinski definition) is 4. The van der Waals surface area contributed by atoms with Crippen molar-refractivity contribution < 1.29 is 4.92 Å². The van der Waals surface area contributed by atoms with E-state index in [2.05, 4.69) is 4.98 Å². The van der Waals surface area contributed by atoms with Crippen LogP contribution in [0.5, 0.6) is 0 Å². The first-order valence-corrected chi connectivity index (χ1v) is 5.80. The summed E-state index contributed by atoms with van der Waals surface area (Å²) in [5, 5.41) is 11.4. The van der Waals surface area contributed by atoms with Gasteiger partial charge in [0, 0.05) is 11.9 Å². The van der Waals surface area contributed by atoms with E-state index in [1.54, 1.807) is 11.6 Å². The molecule has 0 N–H and O–H groups in total. The van der Waals surface area contributed by atoms with Gasteiger partial charge in [0.25, 0.3) is 0 Å². The van der Waals surface area contributed by atoms with E-state index in [9.17, 15) is 10.1 Å². The van der Waals surface area contributed by atoms with Crippen LogP contribution in [0.25, 0.3) is 0 Å². The van der Waals surface area contributed by atoms with E-state index in [4.69, 9.17) is 0 Å². The largest absolute Gasteiger partial charge is 0.396 e. The second-order valence-corrected chi connectivity index (χ2v) is 4.64. The molecule has 0 atom stereocenters. The summed E-state index contributed by atoms with van der Waals surface area (Å²) in [7, 11) is 1.75. The van der Waals surface area contributed by atoms with Crippen molar-refractivity contribution in [3.8, 4) is 0 Å². The smallest absolute Gasteiger partial charge is 0.358 e. The van der Waals surface area contributed by atoms with Crippen molar-refractivity contribution in [3.05, 3.63) is 46.3 Å². The van der Waals surface area contributed by atoms with Gasteiger partial charge in [-0.1, -0.05) is 30.0 Å². The third-order valence-electron chi connectivity index (χ3n) is 2.34. The normalized spacial score (nSPS) is 10.5. The summed E-state index contributed by atoms with van der Waals surface area (Å²) in [5.41, 5.74) is 1.09. The molecule has 2 aromatic rings. The summed E-state index contributed by atoms with van der Waals surface area (Å²) < 4.78 is 1.66. The van der Waals surface area contributed by atoms with Crippen LogP contribution in [0, 0.1) is 17.0 Å². The van der Waals surface area contributed by atoms with E-state index in [-0.39, 0.29) is 5.82 Å². The molecule has 0 unspecified atom stereocenters. The Morgan fingerprint density at radius 2 is 2.12 bits per heavy atom. The van der Waals surface area contributed by atoms with E-state index >= 15 is 0 Å². The average molecular weight is 249 g/mol. The molecule has 0 saturated carbocycles. The number of rotatable bonds is 3. The zero-order chi connectivity index (χ0) is 12.4. The van der Waals surface area contributed by atoms with Crippen LogP contribution in [0.1, 0.15) is 5.56 Å². The molecule has 0 spiro atoms. The fraction of sp³-hybridized carbons (Fsp3) is 0.182. The number of benzene rings is 1. The van der Waals surface area contributed by atoms with Gasteiger partial charge in [-0.25, -0.2) is 0 Å². The summed E-state index contributed by atoms with van der Waals surface area (Å²) in [6.45, 7) is 1.98. The number of nitrogens with zero attached hydrogens (tertiary/aromatic N) is 3. The zero-order valence-electron chi connectivity index (χ0n) is 9.45. The van der Waals surface area contributed by atoms with Gasteiger partial charge in [-0.2, -0.15) is 0 Å². The number of imidazole rings is 1. The maximum Gasteiger partial charge on any atom is 0.396 e. The Hall–Kier alpha value is -1.82. The van der Waals surface area contributed by atoms with Gasteiger partial charge in [0.15, 0.2) is 5.03 Å². The molecule has 0 fully saturated rings. The Morgan fingerprint density at radius 1 is 1.41 bits per heavy atom. The minimum Gasteiger partial charge on any atom is -0.358 e. The summed E-state index contributed by atoms with van der Waals surface area (Å²) in [5.74, 6) is -0.0965. The molecule has 6 heteroatoms. The van der Waals surface area contributed by atoms with E-state index in [0.29, 0.717) is 5.03 Å². The van der Waals surface area contributed by atoms with E-state index in [1.807, 2.05) is 31.2 Å². The van der Waals surface area contributed by atoms with Crippen LogP contribution in [-0.2, 0) is 7.05 Å². The summed E-state index contributed by atoms with van der Waals surface area (Å²) in [4.78, 5) is 15.2. The Morgan fingerprint density at radius 3 is 2.76 bits per heavy atom. The fourth-order valence-electron chi connectivity index (χ4n) is 1.42. The zero-order valence-corrected chi connectivity index (χ0v) is 10.3. The molecule has 0 saturated heterocycles. The van der Waals surface area contributed by atoms with Gasteiger partial charge in [0.1, 0.15) is 0 Å². The van der Waals surface area contributed by atoms with Gasteiger partial charge in [0.2, 0.25) is 6.33 Å². The molecule has 1 heterocycles. The van der Waals surface area contributed by atoms with E-state index < -0.39 is 4.92 Å². The quantitative estimate of drug-likeness (QED) is 0.620. The number of hydrogen-bond donors (Lipinski definition) is 0. The highest BCUT2D eigenvalue weighted by Gasteiger charge is 2.21. The molecule has 1 aromatic heterocycles. The Balaban J connectivity index is 2.39. The highest BCUT2D eigenvalue weighted by Crippen LogP contribution is 2.34. The maximum atomic E-state index is 10.8. The second-order valence-electron chi connectivity index (χ2n) is 3.61. The molecule has 0 aliphatic rings. The topological polar surface area (TPSA) is 61.0 Å². The molecule has 1 aromatic carbocycles. The van der Waals surface area contributed by atoms with Crippen molar-refractivity contribution in [2.24, 2.45) is 7.05 Å². The molecule has 0 radical (unpaired) electrons. The van der Waals surface area contributed by atoms with Crippen LogP contribution in [0.3, 0.4) is 0 Å². The summed E-state index contributed by atoms with van der Waals surface area (Å²) in [6.07, 6.45) is 1.46. The highest BCUT2D eigenvalue weighted by atomic mass is 32.2. The lowest BCUT2D eigenvalue weighted by atomic mass is 10.2. The predicted octanol–water partition coefficient (Wildman–Crippen LogP) is 2.79. The lowest BCUT2D eigenvalue weighted by Gasteiger charge is -2.04. The van der Waals surface area contributed by atoms with Gasteiger partial charge >= 0.3 is 5.82 Å². The standard InChI is InChI=1S/C11H11N3O2S/c1-8-5-3-4-6-9(8)17-11-10(14(15)16)12-7-13(11)2/h3-7H,1-2H3. The molecule has 2 rings (SSSR count). The fourth-order valence-corrected chi connectivity index (χ4v) is 2.42. The Bertz CT molecular complexity index is 566. The van der Waals surface area contributed by atoms with Gasteiger partial charge in [-0.15, -0.1) is 0 Å². The molecule has 88 valence electrons. The van der Waals surface area contributed by atoms with Crippen molar-refractivity contribution in [1.29, 1.82) is 0 Å². The van der Waals surface area contributed by atoms with Crippen LogP contribution >= 0.6 is 11.8 Å². The first kappa shape index (κ1) is 11.7. The highest BCUT2D eigenvalue weighted by molar-refractivity contribution is 7.99. The monoisotopic (exact) mass is 249 g/mol. The van der Waals surface area contributed by atoms with Crippen LogP contribution in [0.2, 0.25) is 0 Å². The van der Waals surface area contributed by atoms with Crippen molar-refractivity contribution in [1.82, 2.24) is 9.55 Å². The second kappa shape index (κ2) is 4.58. The first-order chi connectivity index (χ1) is 8.09. The first-order valence-electron chi connectivity index (χ1n) is 4.99. The van der Waals surface area contributed by atoms with Crippen molar-refractivity contribution in [2.45, 2.75) is 16.8 Å². The van der Waals surface area contributed by atoms with Crippen LogP contribution < -0.4 is 0 Å². The van der Waals surface area contributed by atoms with E-state index in [0.717, 1.165) is 10.5 Å². The number of nitro groups is 1. The molecule has 17 heavy (non-hydrogen) atoms. The molecule has 0 bridgehead atoms. The minimum absolute atomic E-state index is 0.0965. The molecular weight excluding hydrogens is 238 g/mol. The number of aromatic nitrogens is 2. The Labute approximate surface area is 103 Å². The molecule has 0 amide bonds. The lowest BCUT2D eigenvalue weighted by molar-refractivity contribution is -0.392. The van der Waals surface area contributed by atoms with Gasteiger partial charge in [-0.3, -0.25) is 0 Å². The van der Waals surface area contributed by atoms with Gasteiger partial charge in [-0.05, 0) is 28.5 Å². The third-order valence-corrected chi connectivity index (χ3v) is 3.68. The molecule has 5 nitrogen and oxygen atoms in total. The van der Waals surface area contributed by atoms with Crippen molar-refractivity contribution in [3.63, 3.8) is 0 Å². The third kappa shape index (κ3) is 2.31. The van der Waals surface area contributed by atoms with E-state index in [1.165, 1.54) is 18.1 Å². The van der Waals surface area contributed by atoms with Crippen LogP contribution in [-0.4, -0.2) is 14.5 Å². The molecule has 0 aliphatic carbocycles. The number of aryl methyl sites for hydroxylation is 2. The summed E-state index contributed by atoms with van der Waals surface area (Å²) >= 11 is 1.36. The van der Waals surface area contributed by atoms with Crippen molar-refractivity contribution in [2.75, 3.05) is 0 Å². The van der Waals surface area contributed by atoms with Crippen molar-refractivity contribution >= 4 is 17.6 Å². The van der Waals surface area contributed by atoms with Crippen LogP contribution in [0.4, 0.5) is 5.82 Å². The SMILES string of the molecule is Cc1ccccc1Sc1c([N+](=O)[O-])ncn1C. The Kier molecular flexibility index (Phi) is 3.14. The lowest BCUT2D eigenvalue weighted by Crippen LogP contribution is -1.93. The molecular formula is C11H11N3O2S. The predicted molar refractivity (Wildman–Crippen MR) is 65.2 cm³/mol. The van der Waals surface area contributed by atoms with Gasteiger partial charge < -0.3 is 14.7 Å². The maximum absolute atomic E-state index is 10.8. The van der Waals surface area contributed by atoms with Crippen LogP contribution in [0.15, 0.2) is 40.5 Å². The summed E-state index contributed by atoms with van der Waals surface area (Å²) in [6, 6.07) is 7.77.